The maximum Gasteiger partial charge on any atom is 0.203 e. The molecular weight excluding hydrogens is 246 g/mol. The van der Waals surface area contributed by atoms with Gasteiger partial charge in [-0.1, -0.05) is 37.6 Å². The normalized spacial score (nSPS) is 10.9. The van der Waals surface area contributed by atoms with Gasteiger partial charge in [0.1, 0.15) is 0 Å². The van der Waals surface area contributed by atoms with Gasteiger partial charge in [-0.3, -0.25) is 0 Å². The van der Waals surface area contributed by atoms with Crippen molar-refractivity contribution in [3.8, 4) is 0 Å². The zero-order valence-electron chi connectivity index (χ0n) is 10.7. The van der Waals surface area contributed by atoms with Crippen molar-refractivity contribution in [1.29, 1.82) is 0 Å². The van der Waals surface area contributed by atoms with Crippen molar-refractivity contribution in [2.75, 3.05) is 11.9 Å². The van der Waals surface area contributed by atoms with E-state index in [0.717, 1.165) is 24.1 Å². The van der Waals surface area contributed by atoms with Crippen LogP contribution in [-0.4, -0.2) is 16.1 Å². The van der Waals surface area contributed by atoms with Crippen molar-refractivity contribution in [3.05, 3.63) is 47.2 Å². The summed E-state index contributed by atoms with van der Waals surface area (Å²) in [5, 5.41) is 4.12. The van der Waals surface area contributed by atoms with Crippen LogP contribution in [0.3, 0.4) is 0 Å². The number of aromatic nitrogens is 2. The van der Waals surface area contributed by atoms with Gasteiger partial charge >= 0.3 is 0 Å². The van der Waals surface area contributed by atoms with Crippen LogP contribution >= 0.6 is 11.6 Å². The summed E-state index contributed by atoms with van der Waals surface area (Å²) in [5.74, 6) is 1.52. The molecule has 3 nitrogen and oxygen atoms in total. The molecule has 0 aliphatic heterocycles. The molecule has 2 aromatic rings. The van der Waals surface area contributed by atoms with Gasteiger partial charge in [-0.15, -0.1) is 0 Å². The van der Waals surface area contributed by atoms with Crippen molar-refractivity contribution in [2.45, 2.75) is 20.4 Å². The molecule has 0 amide bonds. The third-order valence-electron chi connectivity index (χ3n) is 2.65. The SMILES string of the molecule is CC(C)CNc1nccn1Cc1ccc(Cl)cc1. The van der Waals surface area contributed by atoms with E-state index in [1.165, 1.54) is 5.56 Å². The standard InChI is InChI=1S/C14H18ClN3/c1-11(2)9-17-14-16-7-8-18(14)10-12-3-5-13(15)6-4-12/h3-8,11H,9-10H2,1-2H3,(H,16,17). The fraction of sp³-hybridized carbons (Fsp3) is 0.357. The third kappa shape index (κ3) is 3.50. The molecule has 1 aromatic carbocycles. The number of nitrogens with one attached hydrogen (secondary N) is 1. The van der Waals surface area contributed by atoms with E-state index in [4.69, 9.17) is 11.6 Å². The van der Waals surface area contributed by atoms with E-state index in [1.807, 2.05) is 36.7 Å². The fourth-order valence-electron chi connectivity index (χ4n) is 1.69. The van der Waals surface area contributed by atoms with Crippen LogP contribution in [0, 0.1) is 5.92 Å². The molecule has 0 spiro atoms. The number of anilines is 1. The van der Waals surface area contributed by atoms with Crippen LogP contribution < -0.4 is 5.32 Å². The molecule has 0 bridgehead atoms. The van der Waals surface area contributed by atoms with Crippen LogP contribution in [0.2, 0.25) is 5.02 Å². The van der Waals surface area contributed by atoms with Crippen LogP contribution in [0.15, 0.2) is 36.7 Å². The first-order valence-corrected chi connectivity index (χ1v) is 6.52. The van der Waals surface area contributed by atoms with Gasteiger partial charge in [0.25, 0.3) is 0 Å². The summed E-state index contributed by atoms with van der Waals surface area (Å²) in [6, 6.07) is 7.90. The Morgan fingerprint density at radius 2 is 2.00 bits per heavy atom. The Morgan fingerprint density at radius 1 is 1.28 bits per heavy atom. The molecule has 4 heteroatoms. The second-order valence-corrected chi connectivity index (χ2v) is 5.22. The Kier molecular flexibility index (Phi) is 4.26. The summed E-state index contributed by atoms with van der Waals surface area (Å²) in [5.41, 5.74) is 1.21. The Morgan fingerprint density at radius 3 is 2.67 bits per heavy atom. The summed E-state index contributed by atoms with van der Waals surface area (Å²) >= 11 is 5.88. The lowest BCUT2D eigenvalue weighted by Crippen LogP contribution is -2.13. The van der Waals surface area contributed by atoms with Gasteiger partial charge in [-0.2, -0.15) is 0 Å². The van der Waals surface area contributed by atoms with E-state index < -0.39 is 0 Å². The van der Waals surface area contributed by atoms with Gasteiger partial charge in [0.2, 0.25) is 5.95 Å². The first kappa shape index (κ1) is 13.0. The Bertz CT molecular complexity index is 488. The molecule has 18 heavy (non-hydrogen) atoms. The number of halogens is 1. The predicted molar refractivity (Wildman–Crippen MR) is 76.1 cm³/mol. The van der Waals surface area contributed by atoms with Crippen molar-refractivity contribution >= 4 is 17.5 Å². The highest BCUT2D eigenvalue weighted by molar-refractivity contribution is 6.30. The lowest BCUT2D eigenvalue weighted by Gasteiger charge is -2.11. The van der Waals surface area contributed by atoms with Crippen LogP contribution in [0.5, 0.6) is 0 Å². The minimum absolute atomic E-state index is 0.602. The minimum atomic E-state index is 0.602. The summed E-state index contributed by atoms with van der Waals surface area (Å²) in [7, 11) is 0. The van der Waals surface area contributed by atoms with Crippen molar-refractivity contribution in [2.24, 2.45) is 5.92 Å². The van der Waals surface area contributed by atoms with Gasteiger partial charge < -0.3 is 9.88 Å². The summed E-state index contributed by atoms with van der Waals surface area (Å²) in [4.78, 5) is 4.33. The maximum atomic E-state index is 5.88. The molecule has 0 atom stereocenters. The smallest absolute Gasteiger partial charge is 0.203 e. The molecule has 0 saturated carbocycles. The quantitative estimate of drug-likeness (QED) is 0.892. The average Bonchev–Trinajstić information content (AvgIpc) is 2.77. The van der Waals surface area contributed by atoms with Crippen LogP contribution in [0.4, 0.5) is 5.95 Å². The minimum Gasteiger partial charge on any atom is -0.355 e. The van der Waals surface area contributed by atoms with Crippen molar-refractivity contribution < 1.29 is 0 Å². The zero-order valence-corrected chi connectivity index (χ0v) is 11.5. The molecule has 0 aliphatic carbocycles. The van der Waals surface area contributed by atoms with E-state index in [0.29, 0.717) is 5.92 Å². The zero-order chi connectivity index (χ0) is 13.0. The highest BCUT2D eigenvalue weighted by Gasteiger charge is 2.03. The molecule has 0 unspecified atom stereocenters. The fourth-order valence-corrected chi connectivity index (χ4v) is 1.81. The van der Waals surface area contributed by atoms with Gasteiger partial charge in [0.15, 0.2) is 0 Å². The Balaban J connectivity index is 2.05. The Labute approximate surface area is 113 Å². The summed E-state index contributed by atoms with van der Waals surface area (Å²) in [6.45, 7) is 6.09. The molecule has 0 radical (unpaired) electrons. The molecule has 2 rings (SSSR count). The van der Waals surface area contributed by atoms with E-state index in [1.54, 1.807) is 0 Å². The van der Waals surface area contributed by atoms with Crippen LogP contribution in [0.1, 0.15) is 19.4 Å². The van der Waals surface area contributed by atoms with Crippen LogP contribution in [-0.2, 0) is 6.54 Å². The maximum absolute atomic E-state index is 5.88. The third-order valence-corrected chi connectivity index (χ3v) is 2.90. The van der Waals surface area contributed by atoms with Gasteiger partial charge in [0, 0.05) is 24.0 Å². The van der Waals surface area contributed by atoms with E-state index >= 15 is 0 Å². The highest BCUT2D eigenvalue weighted by atomic mass is 35.5. The second kappa shape index (κ2) is 5.91. The number of rotatable bonds is 5. The Hall–Kier alpha value is -1.48. The van der Waals surface area contributed by atoms with Gasteiger partial charge in [0.05, 0.1) is 6.54 Å². The number of nitrogens with zero attached hydrogens (tertiary/aromatic N) is 2. The van der Waals surface area contributed by atoms with E-state index in [9.17, 15) is 0 Å². The first-order chi connectivity index (χ1) is 8.65. The van der Waals surface area contributed by atoms with Crippen molar-refractivity contribution in [1.82, 2.24) is 9.55 Å². The molecule has 0 aliphatic rings. The summed E-state index contributed by atoms with van der Waals surface area (Å²) < 4.78 is 2.10. The topological polar surface area (TPSA) is 29.9 Å². The monoisotopic (exact) mass is 263 g/mol. The second-order valence-electron chi connectivity index (χ2n) is 4.78. The molecular formula is C14H18ClN3. The van der Waals surface area contributed by atoms with E-state index in [2.05, 4.69) is 28.7 Å². The molecule has 1 N–H and O–H groups in total. The summed E-state index contributed by atoms with van der Waals surface area (Å²) in [6.07, 6.45) is 3.80. The number of imidazole rings is 1. The molecule has 1 heterocycles. The number of hydrogen-bond donors (Lipinski definition) is 1. The number of benzene rings is 1. The highest BCUT2D eigenvalue weighted by Crippen LogP contribution is 2.13. The molecule has 0 fully saturated rings. The predicted octanol–water partition coefficient (Wildman–Crippen LogP) is 3.65. The largest absolute Gasteiger partial charge is 0.355 e. The molecule has 1 aromatic heterocycles. The van der Waals surface area contributed by atoms with Gasteiger partial charge in [-0.25, -0.2) is 4.98 Å². The molecule has 96 valence electrons. The first-order valence-electron chi connectivity index (χ1n) is 6.14. The van der Waals surface area contributed by atoms with Crippen molar-refractivity contribution in [3.63, 3.8) is 0 Å². The van der Waals surface area contributed by atoms with Gasteiger partial charge in [-0.05, 0) is 23.6 Å². The molecule has 0 saturated heterocycles. The lowest BCUT2D eigenvalue weighted by atomic mass is 10.2. The van der Waals surface area contributed by atoms with Crippen LogP contribution in [0.25, 0.3) is 0 Å². The number of hydrogen-bond acceptors (Lipinski definition) is 2. The average molecular weight is 264 g/mol. The lowest BCUT2D eigenvalue weighted by molar-refractivity contribution is 0.676. The van der Waals surface area contributed by atoms with E-state index in [-0.39, 0.29) is 0 Å².